The van der Waals surface area contributed by atoms with Crippen LogP contribution >= 0.6 is 0 Å². The second kappa shape index (κ2) is 4.16. The first-order chi connectivity index (χ1) is 4.98. The maximum absolute atomic E-state index is 3.85. The molecule has 0 aliphatic rings. The molecule has 0 atom stereocenters. The summed E-state index contributed by atoms with van der Waals surface area (Å²) >= 11 is 0. The Morgan fingerprint density at radius 2 is 1.82 bits per heavy atom. The quantitative estimate of drug-likeness (QED) is 0.555. The minimum absolute atomic E-state index is 0.193. The van der Waals surface area contributed by atoms with Crippen LogP contribution in [0.3, 0.4) is 0 Å². The fourth-order valence-corrected chi connectivity index (χ4v) is 0.477. The number of rotatable bonds is 2. The van der Waals surface area contributed by atoms with Crippen LogP contribution in [0.5, 0.6) is 0 Å². The predicted molar refractivity (Wildman–Crippen MR) is 51.1 cm³/mol. The Morgan fingerprint density at radius 1 is 1.27 bits per heavy atom. The number of allylic oxidation sites excluding steroid dienone is 1. The molecule has 0 rings (SSSR count). The van der Waals surface area contributed by atoms with E-state index in [4.69, 9.17) is 0 Å². The predicted octanol–water partition coefficient (Wildman–Crippen LogP) is 1.93. The number of hydrogen-bond donors (Lipinski definition) is 0. The van der Waals surface area contributed by atoms with Crippen LogP contribution in [0.1, 0.15) is 20.8 Å². The van der Waals surface area contributed by atoms with Crippen LogP contribution in [0, 0.1) is 0 Å². The van der Waals surface area contributed by atoms with Gasteiger partial charge in [-0.25, -0.2) is 0 Å². The summed E-state index contributed by atoms with van der Waals surface area (Å²) in [6.07, 6.45) is 5.74. The molecule has 0 heterocycles. The summed E-state index contributed by atoms with van der Waals surface area (Å²) in [5.74, 6) is 0. The standard InChI is InChI=1S/C9H18N2/c1-9(2,3)11(5)8-6-7-10-4/h6-8H,1-5H3/b8-6-,10-7?. The van der Waals surface area contributed by atoms with Crippen molar-refractivity contribution in [2.45, 2.75) is 26.3 Å². The molecule has 0 aromatic heterocycles. The summed E-state index contributed by atoms with van der Waals surface area (Å²) in [6.45, 7) is 6.50. The van der Waals surface area contributed by atoms with Crippen molar-refractivity contribution >= 4 is 6.21 Å². The first-order valence-corrected chi connectivity index (χ1v) is 3.80. The smallest absolute Gasteiger partial charge is 0.0309 e. The van der Waals surface area contributed by atoms with Crippen molar-refractivity contribution in [2.24, 2.45) is 4.99 Å². The second-order valence-electron chi connectivity index (χ2n) is 3.53. The van der Waals surface area contributed by atoms with Gasteiger partial charge in [0.15, 0.2) is 0 Å². The van der Waals surface area contributed by atoms with Crippen LogP contribution in [0.4, 0.5) is 0 Å². The third-order valence-electron chi connectivity index (χ3n) is 1.60. The second-order valence-corrected chi connectivity index (χ2v) is 3.53. The highest BCUT2D eigenvalue weighted by Gasteiger charge is 2.12. The van der Waals surface area contributed by atoms with Crippen LogP contribution in [-0.2, 0) is 0 Å². The van der Waals surface area contributed by atoms with E-state index >= 15 is 0 Å². The molecule has 64 valence electrons. The van der Waals surface area contributed by atoms with Gasteiger partial charge in [0.2, 0.25) is 0 Å². The van der Waals surface area contributed by atoms with E-state index < -0.39 is 0 Å². The van der Waals surface area contributed by atoms with Gasteiger partial charge in [-0.05, 0) is 26.8 Å². The van der Waals surface area contributed by atoms with Crippen LogP contribution < -0.4 is 0 Å². The molecule has 0 bridgehead atoms. The van der Waals surface area contributed by atoms with Gasteiger partial charge in [0.25, 0.3) is 0 Å². The molecule has 11 heavy (non-hydrogen) atoms. The van der Waals surface area contributed by atoms with E-state index in [1.165, 1.54) is 0 Å². The number of aliphatic imine (C=N–C) groups is 1. The first-order valence-electron chi connectivity index (χ1n) is 3.80. The maximum Gasteiger partial charge on any atom is 0.0309 e. The summed E-state index contributed by atoms with van der Waals surface area (Å²) in [7, 11) is 3.82. The first kappa shape index (κ1) is 10.2. The molecule has 0 N–H and O–H groups in total. The number of hydrogen-bond acceptors (Lipinski definition) is 2. The minimum Gasteiger partial charge on any atom is -0.376 e. The van der Waals surface area contributed by atoms with Crippen molar-refractivity contribution in [3.63, 3.8) is 0 Å². The van der Waals surface area contributed by atoms with Gasteiger partial charge in [-0.1, -0.05) is 0 Å². The van der Waals surface area contributed by atoms with Gasteiger partial charge in [-0.2, -0.15) is 0 Å². The minimum atomic E-state index is 0.193. The molecule has 0 spiro atoms. The van der Waals surface area contributed by atoms with E-state index in [9.17, 15) is 0 Å². The van der Waals surface area contributed by atoms with Gasteiger partial charge in [0, 0.05) is 32.0 Å². The summed E-state index contributed by atoms with van der Waals surface area (Å²) in [5, 5.41) is 0. The summed E-state index contributed by atoms with van der Waals surface area (Å²) < 4.78 is 0. The highest BCUT2D eigenvalue weighted by atomic mass is 15.1. The molecule has 0 aliphatic carbocycles. The molecule has 0 saturated heterocycles. The Morgan fingerprint density at radius 3 is 2.18 bits per heavy atom. The highest BCUT2D eigenvalue weighted by molar-refractivity contribution is 5.70. The average molecular weight is 154 g/mol. The lowest BCUT2D eigenvalue weighted by Crippen LogP contribution is -2.33. The van der Waals surface area contributed by atoms with E-state index in [0.717, 1.165) is 0 Å². The van der Waals surface area contributed by atoms with Crippen molar-refractivity contribution in [3.05, 3.63) is 12.3 Å². The van der Waals surface area contributed by atoms with Crippen LogP contribution in [-0.4, -0.2) is 30.7 Å². The zero-order valence-corrected chi connectivity index (χ0v) is 8.13. The molecule has 0 amide bonds. The van der Waals surface area contributed by atoms with E-state index in [0.29, 0.717) is 0 Å². The molecule has 0 aliphatic heterocycles. The summed E-state index contributed by atoms with van der Waals surface area (Å²) in [6, 6.07) is 0. The molecule has 0 saturated carbocycles. The van der Waals surface area contributed by atoms with Gasteiger partial charge >= 0.3 is 0 Å². The monoisotopic (exact) mass is 154 g/mol. The SMILES string of the molecule is CN=C/C=C\N(C)C(C)(C)C. The van der Waals surface area contributed by atoms with Crippen molar-refractivity contribution < 1.29 is 0 Å². The van der Waals surface area contributed by atoms with Crippen molar-refractivity contribution in [3.8, 4) is 0 Å². The van der Waals surface area contributed by atoms with Gasteiger partial charge in [0.1, 0.15) is 0 Å². The van der Waals surface area contributed by atoms with Crippen LogP contribution in [0.2, 0.25) is 0 Å². The highest BCUT2D eigenvalue weighted by Crippen LogP contribution is 2.09. The molecule has 2 nitrogen and oxygen atoms in total. The third-order valence-corrected chi connectivity index (χ3v) is 1.60. The number of nitrogens with zero attached hydrogens (tertiary/aromatic N) is 2. The van der Waals surface area contributed by atoms with E-state index in [1.807, 2.05) is 12.3 Å². The van der Waals surface area contributed by atoms with E-state index in [1.54, 1.807) is 13.3 Å². The molecular weight excluding hydrogens is 136 g/mol. The van der Waals surface area contributed by atoms with Crippen molar-refractivity contribution in [1.29, 1.82) is 0 Å². The van der Waals surface area contributed by atoms with Crippen LogP contribution in [0.25, 0.3) is 0 Å². The molecule has 2 heteroatoms. The molecule has 0 fully saturated rings. The lowest BCUT2D eigenvalue weighted by molar-refractivity contribution is 0.250. The summed E-state index contributed by atoms with van der Waals surface area (Å²) in [5.41, 5.74) is 0.193. The van der Waals surface area contributed by atoms with Gasteiger partial charge in [-0.15, -0.1) is 0 Å². The molecular formula is C9H18N2. The Hall–Kier alpha value is -0.790. The zero-order valence-electron chi connectivity index (χ0n) is 8.13. The Kier molecular flexibility index (Phi) is 3.86. The maximum atomic E-state index is 3.85. The third kappa shape index (κ3) is 4.59. The lowest BCUT2D eigenvalue weighted by Gasteiger charge is -2.30. The normalized spacial score (nSPS) is 13.2. The Bertz CT molecular complexity index is 151. The summed E-state index contributed by atoms with van der Waals surface area (Å²) in [4.78, 5) is 6.00. The average Bonchev–Trinajstić information content (AvgIpc) is 1.86. The van der Waals surface area contributed by atoms with Crippen LogP contribution in [0.15, 0.2) is 17.3 Å². The molecule has 0 aromatic rings. The lowest BCUT2D eigenvalue weighted by atomic mass is 10.1. The van der Waals surface area contributed by atoms with E-state index in [2.05, 4.69) is 37.7 Å². The fraction of sp³-hybridized carbons (Fsp3) is 0.667. The molecule has 0 unspecified atom stereocenters. The molecule has 0 radical (unpaired) electrons. The zero-order chi connectivity index (χ0) is 8.91. The van der Waals surface area contributed by atoms with Gasteiger partial charge in [0.05, 0.1) is 0 Å². The van der Waals surface area contributed by atoms with Gasteiger partial charge in [-0.3, -0.25) is 4.99 Å². The fourth-order valence-electron chi connectivity index (χ4n) is 0.477. The van der Waals surface area contributed by atoms with E-state index in [-0.39, 0.29) is 5.54 Å². The van der Waals surface area contributed by atoms with Gasteiger partial charge < -0.3 is 4.90 Å². The largest absolute Gasteiger partial charge is 0.376 e. The topological polar surface area (TPSA) is 15.6 Å². The van der Waals surface area contributed by atoms with Crippen molar-refractivity contribution in [2.75, 3.05) is 14.1 Å². The Labute approximate surface area is 69.6 Å². The molecule has 0 aromatic carbocycles. The Balaban J connectivity index is 3.96. The van der Waals surface area contributed by atoms with Crippen molar-refractivity contribution in [1.82, 2.24) is 4.90 Å².